The summed E-state index contributed by atoms with van der Waals surface area (Å²) in [4.78, 5) is 0. The molecule has 1 aromatic carbocycles. The first-order chi connectivity index (χ1) is 7.77. The Morgan fingerprint density at radius 3 is 2.75 bits per heavy atom. The van der Waals surface area contributed by atoms with Crippen molar-refractivity contribution in [3.8, 4) is 0 Å². The third kappa shape index (κ3) is 4.77. The van der Waals surface area contributed by atoms with Crippen LogP contribution in [0.1, 0.15) is 18.9 Å². The van der Waals surface area contributed by atoms with Crippen molar-refractivity contribution < 1.29 is 0 Å². The monoisotopic (exact) mass is 257 g/mol. The second kappa shape index (κ2) is 7.99. The van der Waals surface area contributed by atoms with Crippen molar-refractivity contribution in [2.45, 2.75) is 25.8 Å². The maximum atomic E-state index is 6.17. The van der Waals surface area contributed by atoms with Gasteiger partial charge in [0.1, 0.15) is 0 Å². The third-order valence-corrected chi connectivity index (χ3v) is 3.58. The normalized spacial score (nSPS) is 12.7. The molecule has 0 aliphatic carbocycles. The largest absolute Gasteiger partial charge is 0.313 e. The van der Waals surface area contributed by atoms with E-state index >= 15 is 0 Å². The summed E-state index contributed by atoms with van der Waals surface area (Å²) in [5.74, 6) is 1.13. The molecule has 1 atom stereocenters. The van der Waals surface area contributed by atoms with Crippen molar-refractivity contribution in [2.24, 2.45) is 0 Å². The van der Waals surface area contributed by atoms with Gasteiger partial charge in [-0.3, -0.25) is 0 Å². The fraction of sp³-hybridized carbons (Fsp3) is 0.538. The Kier molecular flexibility index (Phi) is 6.93. The number of halogens is 1. The van der Waals surface area contributed by atoms with Crippen LogP contribution in [0.3, 0.4) is 0 Å². The van der Waals surface area contributed by atoms with Crippen LogP contribution < -0.4 is 5.32 Å². The lowest BCUT2D eigenvalue weighted by Crippen LogP contribution is -2.34. The smallest absolute Gasteiger partial charge is 0.0438 e. The molecular formula is C13H20ClNS. The highest BCUT2D eigenvalue weighted by molar-refractivity contribution is 7.98. The highest BCUT2D eigenvalue weighted by Gasteiger charge is 2.09. The zero-order valence-electron chi connectivity index (χ0n) is 10.0. The zero-order chi connectivity index (χ0) is 11.8. The summed E-state index contributed by atoms with van der Waals surface area (Å²) in [6, 6.07) is 8.64. The van der Waals surface area contributed by atoms with Crippen molar-refractivity contribution in [2.75, 3.05) is 18.6 Å². The number of nitrogens with one attached hydrogen (secondary N) is 1. The first kappa shape index (κ1) is 13.9. The van der Waals surface area contributed by atoms with E-state index in [4.69, 9.17) is 11.6 Å². The first-order valence-corrected chi connectivity index (χ1v) is 7.50. The summed E-state index contributed by atoms with van der Waals surface area (Å²) in [5, 5.41) is 4.45. The molecule has 1 nitrogen and oxygen atoms in total. The van der Waals surface area contributed by atoms with E-state index in [1.54, 1.807) is 0 Å². The zero-order valence-corrected chi connectivity index (χ0v) is 11.6. The lowest BCUT2D eigenvalue weighted by molar-refractivity contribution is 0.550. The van der Waals surface area contributed by atoms with Crippen LogP contribution in [0.2, 0.25) is 5.02 Å². The molecule has 0 amide bonds. The summed E-state index contributed by atoms with van der Waals surface area (Å²) in [7, 11) is 0. The molecule has 0 fully saturated rings. The number of hydrogen-bond donors (Lipinski definition) is 1. The molecule has 16 heavy (non-hydrogen) atoms. The molecule has 0 aliphatic heterocycles. The number of rotatable bonds is 7. The van der Waals surface area contributed by atoms with Crippen molar-refractivity contribution in [3.63, 3.8) is 0 Å². The number of benzene rings is 1. The molecular weight excluding hydrogens is 238 g/mol. The molecule has 3 heteroatoms. The van der Waals surface area contributed by atoms with Gasteiger partial charge < -0.3 is 5.32 Å². The second-order valence-electron chi connectivity index (χ2n) is 3.90. The van der Waals surface area contributed by atoms with Gasteiger partial charge in [0.15, 0.2) is 0 Å². The van der Waals surface area contributed by atoms with Gasteiger partial charge in [0.2, 0.25) is 0 Å². The Balaban J connectivity index is 2.56. The molecule has 0 aromatic heterocycles. The minimum atomic E-state index is 0.523. The molecule has 1 rings (SSSR count). The summed E-state index contributed by atoms with van der Waals surface area (Å²) in [6.45, 7) is 3.27. The summed E-state index contributed by atoms with van der Waals surface area (Å²) >= 11 is 8.05. The summed E-state index contributed by atoms with van der Waals surface area (Å²) < 4.78 is 0. The van der Waals surface area contributed by atoms with Crippen LogP contribution in [0.25, 0.3) is 0 Å². The Morgan fingerprint density at radius 2 is 2.12 bits per heavy atom. The highest BCUT2D eigenvalue weighted by Crippen LogP contribution is 2.17. The average Bonchev–Trinajstić information content (AvgIpc) is 2.29. The molecule has 90 valence electrons. The molecule has 0 spiro atoms. The Morgan fingerprint density at radius 1 is 1.38 bits per heavy atom. The highest BCUT2D eigenvalue weighted by atomic mass is 35.5. The van der Waals surface area contributed by atoms with E-state index in [9.17, 15) is 0 Å². The SMILES string of the molecule is CCCNC(CSC)Cc1ccccc1Cl. The Labute approximate surface area is 108 Å². The van der Waals surface area contributed by atoms with Gasteiger partial charge >= 0.3 is 0 Å². The molecule has 1 unspecified atom stereocenters. The van der Waals surface area contributed by atoms with E-state index in [0.717, 1.165) is 23.7 Å². The Bertz CT molecular complexity index is 304. The molecule has 0 radical (unpaired) electrons. The fourth-order valence-electron chi connectivity index (χ4n) is 1.67. The van der Waals surface area contributed by atoms with Gasteiger partial charge in [-0.15, -0.1) is 0 Å². The van der Waals surface area contributed by atoms with Crippen LogP contribution in [0, 0.1) is 0 Å². The van der Waals surface area contributed by atoms with Gasteiger partial charge in [0.05, 0.1) is 0 Å². The standard InChI is InChI=1S/C13H20ClNS/c1-3-8-15-12(10-16-2)9-11-6-4-5-7-13(11)14/h4-7,12,15H,3,8-10H2,1-2H3. The van der Waals surface area contributed by atoms with Gasteiger partial charge in [-0.2, -0.15) is 11.8 Å². The van der Waals surface area contributed by atoms with E-state index < -0.39 is 0 Å². The van der Waals surface area contributed by atoms with Crippen LogP contribution in [0.4, 0.5) is 0 Å². The van der Waals surface area contributed by atoms with E-state index in [-0.39, 0.29) is 0 Å². The van der Waals surface area contributed by atoms with E-state index in [0.29, 0.717) is 6.04 Å². The molecule has 1 N–H and O–H groups in total. The van der Waals surface area contributed by atoms with E-state index in [2.05, 4.69) is 30.6 Å². The van der Waals surface area contributed by atoms with Crippen LogP contribution in [-0.2, 0) is 6.42 Å². The molecule has 0 saturated carbocycles. The predicted octanol–water partition coefficient (Wildman–Crippen LogP) is 3.61. The summed E-state index contributed by atoms with van der Waals surface area (Å²) in [5.41, 5.74) is 1.24. The van der Waals surface area contributed by atoms with Gasteiger partial charge in [-0.25, -0.2) is 0 Å². The molecule has 0 aliphatic rings. The quantitative estimate of drug-likeness (QED) is 0.801. The second-order valence-corrected chi connectivity index (χ2v) is 5.22. The van der Waals surface area contributed by atoms with Crippen molar-refractivity contribution >= 4 is 23.4 Å². The summed E-state index contributed by atoms with van der Waals surface area (Å²) in [6.07, 6.45) is 4.33. The van der Waals surface area contributed by atoms with Crippen LogP contribution >= 0.6 is 23.4 Å². The lowest BCUT2D eigenvalue weighted by Gasteiger charge is -2.18. The molecule has 0 saturated heterocycles. The Hall–Kier alpha value is -0.180. The van der Waals surface area contributed by atoms with Crippen LogP contribution in [0.5, 0.6) is 0 Å². The van der Waals surface area contributed by atoms with Gasteiger partial charge in [-0.1, -0.05) is 36.7 Å². The third-order valence-electron chi connectivity index (χ3n) is 2.48. The van der Waals surface area contributed by atoms with Crippen molar-refractivity contribution in [3.05, 3.63) is 34.9 Å². The maximum absolute atomic E-state index is 6.17. The fourth-order valence-corrected chi connectivity index (χ4v) is 2.52. The van der Waals surface area contributed by atoms with Crippen molar-refractivity contribution in [1.29, 1.82) is 0 Å². The number of thioether (sulfide) groups is 1. The van der Waals surface area contributed by atoms with E-state index in [1.165, 1.54) is 12.0 Å². The lowest BCUT2D eigenvalue weighted by atomic mass is 10.1. The minimum absolute atomic E-state index is 0.523. The van der Waals surface area contributed by atoms with Gasteiger partial charge in [-0.05, 0) is 37.3 Å². The van der Waals surface area contributed by atoms with Gasteiger partial charge in [0, 0.05) is 16.8 Å². The van der Waals surface area contributed by atoms with Crippen LogP contribution in [-0.4, -0.2) is 24.6 Å². The predicted molar refractivity (Wildman–Crippen MR) is 75.6 cm³/mol. The molecule has 0 heterocycles. The maximum Gasteiger partial charge on any atom is 0.0438 e. The number of hydrogen-bond acceptors (Lipinski definition) is 2. The van der Waals surface area contributed by atoms with E-state index in [1.807, 2.05) is 23.9 Å². The minimum Gasteiger partial charge on any atom is -0.313 e. The van der Waals surface area contributed by atoms with Gasteiger partial charge in [0.25, 0.3) is 0 Å². The first-order valence-electron chi connectivity index (χ1n) is 5.73. The molecule has 1 aromatic rings. The van der Waals surface area contributed by atoms with Crippen LogP contribution in [0.15, 0.2) is 24.3 Å². The topological polar surface area (TPSA) is 12.0 Å². The van der Waals surface area contributed by atoms with Crippen molar-refractivity contribution in [1.82, 2.24) is 5.32 Å². The average molecular weight is 258 g/mol. The molecule has 0 bridgehead atoms.